The van der Waals surface area contributed by atoms with E-state index < -0.39 is 0 Å². The zero-order chi connectivity index (χ0) is 27.8. The molecule has 0 heterocycles. The molecule has 1 unspecified atom stereocenters. The van der Waals surface area contributed by atoms with E-state index in [4.69, 9.17) is 5.73 Å². The van der Waals surface area contributed by atoms with E-state index in [1.807, 2.05) is 0 Å². The van der Waals surface area contributed by atoms with E-state index in [1.165, 1.54) is 77.0 Å². The molecule has 9 atom stereocenters. The molecule has 0 spiro atoms. The van der Waals surface area contributed by atoms with Crippen molar-refractivity contribution in [1.29, 1.82) is 0 Å². The van der Waals surface area contributed by atoms with Crippen LogP contribution in [0.4, 0.5) is 0 Å². The minimum absolute atomic E-state index is 0.476. The lowest BCUT2D eigenvalue weighted by molar-refractivity contribution is -0.203. The molecule has 38 heavy (non-hydrogen) atoms. The normalized spacial score (nSPS) is 41.6. The summed E-state index contributed by atoms with van der Waals surface area (Å²) in [4.78, 5) is 12.4. The Hall–Kier alpha value is -0.370. The van der Waals surface area contributed by atoms with E-state index in [0.717, 1.165) is 68.2 Å². The van der Waals surface area contributed by atoms with Crippen molar-refractivity contribution in [2.24, 2.45) is 62.9 Å². The molecule has 0 aromatic rings. The monoisotopic (exact) mass is 528 g/mol. The predicted molar refractivity (Wildman–Crippen MR) is 163 cm³/mol. The van der Waals surface area contributed by atoms with E-state index in [2.05, 4.69) is 48.5 Å². The molecule has 4 rings (SSSR count). The zero-order valence-electron chi connectivity index (χ0n) is 26.7. The van der Waals surface area contributed by atoms with Crippen molar-refractivity contribution < 1.29 is 4.79 Å². The average molecular weight is 528 g/mol. The van der Waals surface area contributed by atoms with Gasteiger partial charge in [-0.3, -0.25) is 4.79 Å². The van der Waals surface area contributed by atoms with Crippen LogP contribution in [0.15, 0.2) is 0 Å². The molecule has 4 aliphatic carbocycles. The molecule has 2 heteroatoms. The van der Waals surface area contributed by atoms with Crippen LogP contribution in [0, 0.1) is 57.2 Å². The summed E-state index contributed by atoms with van der Waals surface area (Å²) in [6.07, 6.45) is 21.9. The van der Waals surface area contributed by atoms with E-state index in [-0.39, 0.29) is 0 Å². The number of hydrogen-bond acceptors (Lipinski definition) is 2. The lowest BCUT2D eigenvalue weighted by Crippen LogP contribution is -2.62. The van der Waals surface area contributed by atoms with E-state index >= 15 is 0 Å². The number of unbranched alkanes of at least 4 members (excludes halogenated alkanes) is 2. The molecule has 0 aromatic heterocycles. The van der Waals surface area contributed by atoms with Crippen LogP contribution < -0.4 is 5.73 Å². The fourth-order valence-corrected chi connectivity index (χ4v) is 11.8. The molecule has 2 N–H and O–H groups in total. The maximum atomic E-state index is 12.4. The van der Waals surface area contributed by atoms with Gasteiger partial charge in [0.1, 0.15) is 5.78 Å². The molecule has 0 aliphatic heterocycles. The number of nitrogens with two attached hydrogens (primary N) is 1. The summed E-state index contributed by atoms with van der Waals surface area (Å²) >= 11 is 0. The Morgan fingerprint density at radius 3 is 2.26 bits per heavy atom. The van der Waals surface area contributed by atoms with Gasteiger partial charge in [0.05, 0.1) is 0 Å². The van der Waals surface area contributed by atoms with Gasteiger partial charge in [0, 0.05) is 12.8 Å². The van der Waals surface area contributed by atoms with E-state index in [9.17, 15) is 4.79 Å². The third-order valence-electron chi connectivity index (χ3n) is 14.0. The molecular weight excluding hydrogens is 462 g/mol. The first kappa shape index (κ1) is 30.6. The number of rotatable bonds is 12. The van der Waals surface area contributed by atoms with Crippen LogP contribution in [-0.4, -0.2) is 12.3 Å². The van der Waals surface area contributed by atoms with Crippen LogP contribution in [0.2, 0.25) is 0 Å². The summed E-state index contributed by atoms with van der Waals surface area (Å²) in [5, 5.41) is 0. The van der Waals surface area contributed by atoms with Crippen LogP contribution in [-0.2, 0) is 4.79 Å². The van der Waals surface area contributed by atoms with Gasteiger partial charge in [-0.25, -0.2) is 0 Å². The third kappa shape index (κ3) is 5.56. The first-order valence-electron chi connectivity index (χ1n) is 17.1. The Kier molecular flexibility index (Phi) is 9.54. The smallest absolute Gasteiger partial charge is 0.133 e. The van der Waals surface area contributed by atoms with Gasteiger partial charge in [0.15, 0.2) is 0 Å². The van der Waals surface area contributed by atoms with Crippen molar-refractivity contribution in [1.82, 2.24) is 0 Å². The number of carbonyl (C=O) groups is 1. The maximum absolute atomic E-state index is 12.4. The molecule has 220 valence electrons. The largest absolute Gasteiger partial charge is 0.330 e. The standard InChI is InChI=1S/C36H65NO/c1-26(25-28(38)15-9-8-10-24-37)13-11-14-27(2)29-18-22-35(6)30(29)16-17-32-34(5)21-12-20-33(3,4)31(34)19-23-36(32,35)7/h26-27,29-32H,8-25,37H2,1-7H3/t26?,27-,29-,30-,31+,32-,34+,35-,36-/m1/s1. The van der Waals surface area contributed by atoms with Gasteiger partial charge in [0.2, 0.25) is 0 Å². The Bertz CT molecular complexity index is 803. The highest BCUT2D eigenvalue weighted by Gasteiger charge is 2.67. The third-order valence-corrected chi connectivity index (χ3v) is 14.0. The lowest BCUT2D eigenvalue weighted by atomic mass is 9.35. The number of hydrogen-bond donors (Lipinski definition) is 1. The van der Waals surface area contributed by atoms with Gasteiger partial charge in [-0.15, -0.1) is 0 Å². The van der Waals surface area contributed by atoms with Gasteiger partial charge >= 0.3 is 0 Å². The van der Waals surface area contributed by atoms with Crippen molar-refractivity contribution in [3.63, 3.8) is 0 Å². The highest BCUT2D eigenvalue weighted by atomic mass is 16.1. The Morgan fingerprint density at radius 1 is 0.789 bits per heavy atom. The quantitative estimate of drug-likeness (QED) is 0.257. The maximum Gasteiger partial charge on any atom is 0.133 e. The SMILES string of the molecule is CC(CCC[C@@H](C)[C@H]1CC[C@]2(C)[C@@H]1CC[C@@H]1[C@@]3(C)CCCC(C)(C)[C@@H]3CC[C@]12C)CC(=O)CCCCCN. The Morgan fingerprint density at radius 2 is 1.53 bits per heavy atom. The van der Waals surface area contributed by atoms with Gasteiger partial charge in [0.25, 0.3) is 0 Å². The van der Waals surface area contributed by atoms with Crippen LogP contribution in [0.3, 0.4) is 0 Å². The molecule has 0 radical (unpaired) electrons. The highest BCUT2D eigenvalue weighted by Crippen LogP contribution is 2.75. The molecule has 4 aliphatic rings. The zero-order valence-corrected chi connectivity index (χ0v) is 26.7. The van der Waals surface area contributed by atoms with Crippen molar-refractivity contribution in [3.8, 4) is 0 Å². The van der Waals surface area contributed by atoms with Gasteiger partial charge in [-0.05, 0) is 128 Å². The van der Waals surface area contributed by atoms with Crippen molar-refractivity contribution in [2.75, 3.05) is 6.54 Å². The van der Waals surface area contributed by atoms with Gasteiger partial charge in [-0.2, -0.15) is 0 Å². The second kappa shape index (κ2) is 11.9. The number of fused-ring (bicyclic) bond motifs is 5. The molecule has 0 bridgehead atoms. The van der Waals surface area contributed by atoms with Crippen molar-refractivity contribution in [2.45, 2.75) is 158 Å². The van der Waals surface area contributed by atoms with Crippen molar-refractivity contribution >= 4 is 5.78 Å². The lowest BCUT2D eigenvalue weighted by Gasteiger charge is -2.69. The van der Waals surface area contributed by atoms with Gasteiger partial charge < -0.3 is 5.73 Å². The predicted octanol–water partition coefficient (Wildman–Crippen LogP) is 9.98. The molecule has 4 saturated carbocycles. The summed E-state index contributed by atoms with van der Waals surface area (Å²) in [5.74, 6) is 5.57. The summed E-state index contributed by atoms with van der Waals surface area (Å²) in [7, 11) is 0. The Labute approximate surface area is 237 Å². The van der Waals surface area contributed by atoms with Crippen LogP contribution in [0.1, 0.15) is 158 Å². The summed E-state index contributed by atoms with van der Waals surface area (Å²) in [6.45, 7) is 19.1. The summed E-state index contributed by atoms with van der Waals surface area (Å²) < 4.78 is 0. The van der Waals surface area contributed by atoms with E-state index in [0.29, 0.717) is 33.4 Å². The number of ketones is 1. The first-order chi connectivity index (χ1) is 17.9. The minimum atomic E-state index is 0.476. The first-order valence-corrected chi connectivity index (χ1v) is 17.1. The molecule has 4 fully saturated rings. The number of carbonyl (C=O) groups excluding carboxylic acids is 1. The summed E-state index contributed by atoms with van der Waals surface area (Å²) in [6, 6.07) is 0. The minimum Gasteiger partial charge on any atom is -0.330 e. The number of Topliss-reactive ketones (excluding diaryl/α,β-unsaturated/α-hetero) is 1. The van der Waals surface area contributed by atoms with Gasteiger partial charge in [-0.1, -0.05) is 80.6 Å². The highest BCUT2D eigenvalue weighted by molar-refractivity contribution is 5.78. The second-order valence-electron chi connectivity index (χ2n) is 16.6. The Balaban J connectivity index is 1.32. The summed E-state index contributed by atoms with van der Waals surface area (Å²) in [5.41, 5.74) is 7.74. The fraction of sp³-hybridized carbons (Fsp3) is 0.972. The second-order valence-corrected chi connectivity index (χ2v) is 16.6. The average Bonchev–Trinajstić information content (AvgIpc) is 3.19. The molecule has 0 aromatic carbocycles. The molecular formula is C36H65NO. The van der Waals surface area contributed by atoms with E-state index in [1.54, 1.807) is 0 Å². The van der Waals surface area contributed by atoms with Crippen LogP contribution >= 0.6 is 0 Å². The fourth-order valence-electron chi connectivity index (χ4n) is 11.8. The topological polar surface area (TPSA) is 43.1 Å². The van der Waals surface area contributed by atoms with Crippen LogP contribution in [0.25, 0.3) is 0 Å². The van der Waals surface area contributed by atoms with Crippen LogP contribution in [0.5, 0.6) is 0 Å². The molecule has 0 saturated heterocycles. The molecule has 0 amide bonds. The van der Waals surface area contributed by atoms with Crippen molar-refractivity contribution in [3.05, 3.63) is 0 Å². The molecule has 2 nitrogen and oxygen atoms in total.